The molecule has 0 atom stereocenters. The topological polar surface area (TPSA) is 46.1 Å². The van der Waals surface area contributed by atoms with Crippen molar-refractivity contribution in [3.05, 3.63) is 53.0 Å². The average Bonchev–Trinajstić information content (AvgIpc) is 2.38. The number of nitrogens with zero attached hydrogens (tertiary/aromatic N) is 3. The Kier molecular flexibility index (Phi) is 3.49. The monoisotopic (exact) mass is 291 g/mol. The Hall–Kier alpha value is -1.75. The van der Waals surface area contributed by atoms with Gasteiger partial charge in [0.05, 0.1) is 5.56 Å². The summed E-state index contributed by atoms with van der Waals surface area (Å²) in [5.74, 6) is -0.106. The van der Waals surface area contributed by atoms with Crippen LogP contribution >= 0.6 is 15.9 Å². The summed E-state index contributed by atoms with van der Waals surface area (Å²) >= 11 is 3.29. The molecule has 5 heteroatoms. The Bertz CT molecular complexity index is 530. The fourth-order valence-electron chi connectivity index (χ4n) is 1.41. The van der Waals surface area contributed by atoms with E-state index in [0.717, 1.165) is 10.2 Å². The van der Waals surface area contributed by atoms with Crippen molar-refractivity contribution >= 4 is 27.5 Å². The van der Waals surface area contributed by atoms with E-state index in [2.05, 4.69) is 25.9 Å². The van der Waals surface area contributed by atoms with Gasteiger partial charge in [0, 0.05) is 42.0 Å². The van der Waals surface area contributed by atoms with E-state index >= 15 is 0 Å². The predicted octanol–water partition coefficient (Wildman–Crippen LogP) is 2.52. The third kappa shape index (κ3) is 2.68. The molecule has 86 valence electrons. The van der Waals surface area contributed by atoms with Crippen molar-refractivity contribution in [1.82, 2.24) is 9.97 Å². The first-order chi connectivity index (χ1) is 8.18. The Labute approximate surface area is 107 Å². The van der Waals surface area contributed by atoms with Crippen molar-refractivity contribution in [2.24, 2.45) is 0 Å². The van der Waals surface area contributed by atoms with E-state index in [9.17, 15) is 4.79 Å². The highest BCUT2D eigenvalue weighted by Gasteiger charge is 2.13. The molecule has 0 aliphatic heterocycles. The molecule has 17 heavy (non-hydrogen) atoms. The Balaban J connectivity index is 2.27. The van der Waals surface area contributed by atoms with Gasteiger partial charge in [0.1, 0.15) is 0 Å². The van der Waals surface area contributed by atoms with Crippen LogP contribution < -0.4 is 4.90 Å². The number of anilines is 1. The Morgan fingerprint density at radius 1 is 1.24 bits per heavy atom. The summed E-state index contributed by atoms with van der Waals surface area (Å²) in [5, 5.41) is 0. The smallest absolute Gasteiger partial charge is 0.259 e. The van der Waals surface area contributed by atoms with Crippen LogP contribution in [0.4, 0.5) is 5.69 Å². The van der Waals surface area contributed by atoms with Crippen molar-refractivity contribution in [2.75, 3.05) is 11.9 Å². The van der Waals surface area contributed by atoms with E-state index in [1.54, 1.807) is 54.9 Å². The van der Waals surface area contributed by atoms with Crippen LogP contribution in [0.25, 0.3) is 0 Å². The summed E-state index contributed by atoms with van der Waals surface area (Å²) in [6.45, 7) is 0. The van der Waals surface area contributed by atoms with Gasteiger partial charge in [-0.15, -0.1) is 0 Å². The molecular formula is C12H10BrN3O. The van der Waals surface area contributed by atoms with E-state index in [4.69, 9.17) is 0 Å². The lowest BCUT2D eigenvalue weighted by molar-refractivity contribution is 0.0992. The number of carbonyl (C=O) groups is 1. The van der Waals surface area contributed by atoms with Crippen molar-refractivity contribution in [3.8, 4) is 0 Å². The summed E-state index contributed by atoms with van der Waals surface area (Å²) < 4.78 is 0.784. The van der Waals surface area contributed by atoms with E-state index in [1.807, 2.05) is 0 Å². The molecule has 1 amide bonds. The van der Waals surface area contributed by atoms with Gasteiger partial charge in [-0.05, 0) is 34.1 Å². The number of rotatable bonds is 2. The van der Waals surface area contributed by atoms with Crippen molar-refractivity contribution in [3.63, 3.8) is 0 Å². The van der Waals surface area contributed by atoms with Gasteiger partial charge in [-0.25, -0.2) is 0 Å². The number of carbonyl (C=O) groups excluding carboxylic acids is 1. The lowest BCUT2D eigenvalue weighted by Crippen LogP contribution is -2.26. The average molecular weight is 292 g/mol. The highest BCUT2D eigenvalue weighted by atomic mass is 79.9. The summed E-state index contributed by atoms with van der Waals surface area (Å²) in [5.41, 5.74) is 1.34. The highest BCUT2D eigenvalue weighted by molar-refractivity contribution is 9.10. The molecule has 4 nitrogen and oxygen atoms in total. The normalized spacial score (nSPS) is 10.0. The number of pyridine rings is 2. The summed E-state index contributed by atoms with van der Waals surface area (Å²) in [4.78, 5) is 21.6. The Morgan fingerprint density at radius 3 is 2.59 bits per heavy atom. The number of halogens is 1. The molecule has 0 aliphatic carbocycles. The lowest BCUT2D eigenvalue weighted by Gasteiger charge is -2.16. The SMILES string of the molecule is CN(C(=O)c1cncc(Br)c1)c1ccncc1. The highest BCUT2D eigenvalue weighted by Crippen LogP contribution is 2.15. The predicted molar refractivity (Wildman–Crippen MR) is 68.9 cm³/mol. The van der Waals surface area contributed by atoms with Crippen LogP contribution in [0.5, 0.6) is 0 Å². The summed E-state index contributed by atoms with van der Waals surface area (Å²) in [6.07, 6.45) is 6.49. The number of hydrogen-bond donors (Lipinski definition) is 0. The molecular weight excluding hydrogens is 282 g/mol. The minimum Gasteiger partial charge on any atom is -0.311 e. The van der Waals surface area contributed by atoms with Gasteiger partial charge in [-0.2, -0.15) is 0 Å². The van der Waals surface area contributed by atoms with Gasteiger partial charge < -0.3 is 4.90 Å². The minimum atomic E-state index is -0.106. The zero-order valence-electron chi connectivity index (χ0n) is 9.17. The molecule has 0 radical (unpaired) electrons. The fourth-order valence-corrected chi connectivity index (χ4v) is 1.77. The molecule has 0 saturated carbocycles. The second kappa shape index (κ2) is 5.05. The Morgan fingerprint density at radius 2 is 1.94 bits per heavy atom. The largest absolute Gasteiger partial charge is 0.311 e. The third-order valence-corrected chi connectivity index (χ3v) is 2.74. The van der Waals surface area contributed by atoms with Gasteiger partial charge in [-0.3, -0.25) is 14.8 Å². The van der Waals surface area contributed by atoms with Crippen LogP contribution in [0.15, 0.2) is 47.5 Å². The first-order valence-electron chi connectivity index (χ1n) is 4.97. The maximum Gasteiger partial charge on any atom is 0.259 e. The molecule has 0 aromatic carbocycles. The van der Waals surface area contributed by atoms with Gasteiger partial charge in [-0.1, -0.05) is 0 Å². The van der Waals surface area contributed by atoms with Crippen LogP contribution in [0.2, 0.25) is 0 Å². The maximum atomic E-state index is 12.1. The molecule has 0 fully saturated rings. The number of aromatic nitrogens is 2. The van der Waals surface area contributed by atoms with Crippen molar-refractivity contribution in [2.45, 2.75) is 0 Å². The standard InChI is InChI=1S/C12H10BrN3O/c1-16(11-2-4-14-5-3-11)12(17)9-6-10(13)8-15-7-9/h2-8H,1H3. The number of hydrogen-bond acceptors (Lipinski definition) is 3. The zero-order valence-corrected chi connectivity index (χ0v) is 10.8. The third-order valence-electron chi connectivity index (χ3n) is 2.31. The van der Waals surface area contributed by atoms with E-state index in [0.29, 0.717) is 5.56 Å². The molecule has 2 rings (SSSR count). The van der Waals surface area contributed by atoms with Gasteiger partial charge in [0.2, 0.25) is 0 Å². The van der Waals surface area contributed by atoms with Crippen LogP contribution in [-0.4, -0.2) is 22.9 Å². The van der Waals surface area contributed by atoms with Crippen LogP contribution in [0.1, 0.15) is 10.4 Å². The van der Waals surface area contributed by atoms with Crippen molar-refractivity contribution < 1.29 is 4.79 Å². The van der Waals surface area contributed by atoms with Crippen molar-refractivity contribution in [1.29, 1.82) is 0 Å². The van der Waals surface area contributed by atoms with Crippen LogP contribution in [0, 0.1) is 0 Å². The first kappa shape index (κ1) is 11.7. The second-order valence-corrected chi connectivity index (χ2v) is 4.38. The molecule has 0 unspecified atom stereocenters. The molecule has 0 saturated heterocycles. The zero-order chi connectivity index (χ0) is 12.3. The molecule has 2 aromatic heterocycles. The number of amides is 1. The van der Waals surface area contributed by atoms with E-state index in [-0.39, 0.29) is 5.91 Å². The van der Waals surface area contributed by atoms with E-state index in [1.165, 1.54) is 0 Å². The quantitative estimate of drug-likeness (QED) is 0.854. The summed E-state index contributed by atoms with van der Waals surface area (Å²) in [6, 6.07) is 5.31. The van der Waals surface area contributed by atoms with Gasteiger partial charge >= 0.3 is 0 Å². The van der Waals surface area contributed by atoms with Crippen LogP contribution in [0.3, 0.4) is 0 Å². The first-order valence-corrected chi connectivity index (χ1v) is 5.76. The second-order valence-electron chi connectivity index (χ2n) is 3.46. The molecule has 0 bridgehead atoms. The minimum absolute atomic E-state index is 0.106. The van der Waals surface area contributed by atoms with Gasteiger partial charge in [0.25, 0.3) is 5.91 Å². The van der Waals surface area contributed by atoms with Crippen LogP contribution in [-0.2, 0) is 0 Å². The molecule has 0 aliphatic rings. The fraction of sp³-hybridized carbons (Fsp3) is 0.0833. The molecule has 0 N–H and O–H groups in total. The van der Waals surface area contributed by atoms with E-state index < -0.39 is 0 Å². The molecule has 2 aromatic rings. The molecule has 0 spiro atoms. The maximum absolute atomic E-state index is 12.1. The summed E-state index contributed by atoms with van der Waals surface area (Å²) in [7, 11) is 1.72. The lowest BCUT2D eigenvalue weighted by atomic mass is 10.2. The van der Waals surface area contributed by atoms with Gasteiger partial charge in [0.15, 0.2) is 0 Å². The molecule has 2 heterocycles.